The van der Waals surface area contributed by atoms with Gasteiger partial charge in [-0.3, -0.25) is 24.0 Å². The molecular weight excluding hydrogens is 869 g/mol. The molecule has 5 heterocycles. The number of carboxylic acid groups (broad SMARTS) is 2. The fourth-order valence-corrected chi connectivity index (χ4v) is 13.7. The number of carboxylic acids is 2. The quantitative estimate of drug-likeness (QED) is 0.119. The Kier molecular flexibility index (Phi) is 22.1. The van der Waals surface area contributed by atoms with Crippen LogP contribution < -0.4 is 0 Å². The molecule has 0 radical (unpaired) electrons. The molecule has 5 saturated heterocycles. The zero-order valence-electron chi connectivity index (χ0n) is 30.9. The average molecular weight is 917 g/mol. The summed E-state index contributed by atoms with van der Waals surface area (Å²) < 4.78 is 33.3. The van der Waals surface area contributed by atoms with Crippen LogP contribution in [0.4, 0.5) is 9.59 Å². The Bertz CT molecular complexity index is 1310. The molecule has 0 aromatic carbocycles. The minimum absolute atomic E-state index is 0. The second-order valence-corrected chi connectivity index (χ2v) is 21.2. The highest BCUT2D eigenvalue weighted by molar-refractivity contribution is 8.77. The van der Waals surface area contributed by atoms with Gasteiger partial charge in [0.25, 0.3) is 0 Å². The van der Waals surface area contributed by atoms with Crippen molar-refractivity contribution in [3.63, 3.8) is 0 Å². The molecule has 0 spiro atoms. The van der Waals surface area contributed by atoms with Crippen LogP contribution in [0.5, 0.6) is 0 Å². The maximum atomic E-state index is 11.9. The van der Waals surface area contributed by atoms with Crippen molar-refractivity contribution in [2.24, 2.45) is 27.1 Å². The summed E-state index contributed by atoms with van der Waals surface area (Å²) in [4.78, 5) is 77.4. The summed E-state index contributed by atoms with van der Waals surface area (Å²) in [6.45, 7) is 8.17. The van der Waals surface area contributed by atoms with Gasteiger partial charge in [-0.1, -0.05) is 64.8 Å². The number of aliphatic carboxylic acids is 2. The Balaban J connectivity index is 0.000000391. The van der Waals surface area contributed by atoms with Crippen LogP contribution >= 0.6 is 78.3 Å². The lowest BCUT2D eigenvalue weighted by Gasteiger charge is -2.29. The van der Waals surface area contributed by atoms with Crippen LogP contribution in [-0.2, 0) is 57.1 Å². The lowest BCUT2D eigenvalue weighted by atomic mass is 9.93. The minimum Gasteiger partial charge on any atom is -0.481 e. The molecule has 0 aromatic rings. The molecule has 3 N–H and O–H groups in total. The number of carbonyl (C=O) groups is 7. The predicted molar refractivity (Wildman–Crippen MR) is 215 cm³/mol. The number of rotatable bonds is 10. The third-order valence-corrected chi connectivity index (χ3v) is 16.6. The van der Waals surface area contributed by atoms with Gasteiger partial charge in [-0.05, 0) is 34.6 Å². The van der Waals surface area contributed by atoms with Crippen molar-refractivity contribution < 1.29 is 82.0 Å². The average Bonchev–Trinajstić information content (AvgIpc) is 3.92. The lowest BCUT2D eigenvalue weighted by molar-refractivity contribution is -0.170. The molecule has 24 heteroatoms. The van der Waals surface area contributed by atoms with Gasteiger partial charge in [-0.25, -0.2) is 9.59 Å². The molecule has 0 saturated carbocycles. The second-order valence-electron chi connectivity index (χ2n) is 13.8. The molecule has 5 fully saturated rings. The molecule has 0 aliphatic carbocycles. The summed E-state index contributed by atoms with van der Waals surface area (Å²) in [5, 5.41) is 25.7. The van der Waals surface area contributed by atoms with Gasteiger partial charge in [-0.2, -0.15) is 13.5 Å². The molecule has 0 amide bonds. The fourth-order valence-electron chi connectivity index (χ4n) is 3.73. The van der Waals surface area contributed by atoms with E-state index in [2.05, 4.69) is 18.9 Å². The van der Waals surface area contributed by atoms with Crippen LogP contribution in [0.1, 0.15) is 34.6 Å². The summed E-state index contributed by atoms with van der Waals surface area (Å²) in [5.41, 5.74) is -3.40. The van der Waals surface area contributed by atoms with E-state index < -0.39 is 51.9 Å². The van der Waals surface area contributed by atoms with Crippen LogP contribution in [0, 0.1) is 27.1 Å². The highest BCUT2D eigenvalue weighted by atomic mass is 33.1. The molecule has 0 unspecified atom stereocenters. The first-order valence-electron chi connectivity index (χ1n) is 16.2. The molecule has 0 atom stereocenters. The zero-order chi connectivity index (χ0) is 40.6. The van der Waals surface area contributed by atoms with E-state index in [0.29, 0.717) is 0 Å². The molecule has 316 valence electrons. The van der Waals surface area contributed by atoms with Crippen molar-refractivity contribution in [3.05, 3.63) is 0 Å². The lowest BCUT2D eigenvalue weighted by Crippen LogP contribution is -2.44. The van der Waals surface area contributed by atoms with E-state index in [1.807, 2.05) is 13.8 Å². The highest BCUT2D eigenvalue weighted by Crippen LogP contribution is 2.45. The van der Waals surface area contributed by atoms with Crippen molar-refractivity contribution in [1.82, 2.24) is 0 Å². The largest absolute Gasteiger partial charge is 0.508 e. The van der Waals surface area contributed by atoms with E-state index in [9.17, 15) is 33.6 Å². The number of hydrogen-bond acceptors (Lipinski definition) is 21. The van der Waals surface area contributed by atoms with Crippen LogP contribution in [0.3, 0.4) is 0 Å². The summed E-state index contributed by atoms with van der Waals surface area (Å²) in [7, 11) is 9.98. The Morgan fingerprint density at radius 1 is 0.509 bits per heavy atom. The van der Waals surface area contributed by atoms with Crippen LogP contribution in [0.2, 0.25) is 0 Å². The van der Waals surface area contributed by atoms with Crippen molar-refractivity contribution in [1.29, 1.82) is 0 Å². The number of esters is 3. The Morgan fingerprint density at radius 2 is 0.782 bits per heavy atom. The third kappa shape index (κ3) is 16.2. The van der Waals surface area contributed by atoms with Gasteiger partial charge >= 0.3 is 42.2 Å². The third-order valence-electron chi connectivity index (χ3n) is 7.93. The van der Waals surface area contributed by atoms with Crippen LogP contribution in [-0.4, -0.2) is 145 Å². The SMILES string of the molecule is CC1(C(=O)O)COC(=O)OC1.CC1(C(=O)O)CSSC1.CC1(C(=O)OCCO)CSSC1.CC1(C(=O)OCCOC(=O)C2(C)CSSC2)COC(=O)OC1.S. The van der Waals surface area contributed by atoms with E-state index in [1.54, 1.807) is 78.6 Å². The molecule has 17 nitrogen and oxygen atoms in total. The van der Waals surface area contributed by atoms with E-state index >= 15 is 0 Å². The normalized spacial score (nSPS) is 21.8. The van der Waals surface area contributed by atoms with E-state index in [1.165, 1.54) is 6.92 Å². The minimum atomic E-state index is -1.09. The maximum absolute atomic E-state index is 11.9. The van der Waals surface area contributed by atoms with Gasteiger partial charge in [0.1, 0.15) is 57.1 Å². The molecule has 0 aromatic heterocycles. The first-order valence-corrected chi connectivity index (χ1v) is 23.6. The highest BCUT2D eigenvalue weighted by Gasteiger charge is 2.43. The standard InChI is InChI=1S/C13H18O7S2.C7H12O3S2.C6H8O5.C5H8O2S2.H2S/c1-12(5-19-11(16)20-6-12)9(14)17-3-4-18-10(15)13(2)7-21-22-8-13;1-7(4-11-12-5-7)6(9)10-3-2-8;1-6(4(7)8)2-10-5(9)11-3-6;1-5(4(6)7)2-8-9-3-5;/h3-8H2,1-2H3;8H,2-5H2,1H3;2-3H2,1H3,(H,7,8);2-3H2,1H3,(H,6,7);1H2. The fraction of sp³-hybridized carbons (Fsp3) is 0.774. The van der Waals surface area contributed by atoms with E-state index in [-0.39, 0.29) is 83.7 Å². The number of aliphatic hydroxyl groups excluding tert-OH is 1. The predicted octanol–water partition coefficient (Wildman–Crippen LogP) is 4.40. The van der Waals surface area contributed by atoms with Crippen LogP contribution in [0.15, 0.2) is 0 Å². The zero-order valence-corrected chi connectivity index (χ0v) is 36.8. The number of hydrogen-bond donors (Lipinski definition) is 3. The van der Waals surface area contributed by atoms with E-state index in [4.69, 9.17) is 29.5 Å². The molecule has 55 heavy (non-hydrogen) atoms. The number of ether oxygens (including phenoxy) is 7. The topological polar surface area (TPSA) is 245 Å². The maximum Gasteiger partial charge on any atom is 0.508 e. The molecule has 0 bridgehead atoms. The van der Waals surface area contributed by atoms with Gasteiger partial charge in [0.05, 0.1) is 22.9 Å². The summed E-state index contributed by atoms with van der Waals surface area (Å²) in [6, 6.07) is 0. The van der Waals surface area contributed by atoms with Gasteiger partial charge in [0.2, 0.25) is 0 Å². The Morgan fingerprint density at radius 3 is 1.07 bits per heavy atom. The molecule has 5 aliphatic rings. The van der Waals surface area contributed by atoms with E-state index in [0.717, 1.165) is 34.5 Å². The Labute approximate surface area is 349 Å². The first-order chi connectivity index (χ1) is 25.2. The van der Waals surface area contributed by atoms with Crippen molar-refractivity contribution in [2.75, 3.05) is 87.4 Å². The second kappa shape index (κ2) is 23.6. The van der Waals surface area contributed by atoms with Gasteiger partial charge in [0.15, 0.2) is 0 Å². The molecular formula is C31H48O17S7. The van der Waals surface area contributed by atoms with Crippen molar-refractivity contribution >= 4 is 120 Å². The van der Waals surface area contributed by atoms with Crippen LogP contribution in [0.25, 0.3) is 0 Å². The van der Waals surface area contributed by atoms with Crippen molar-refractivity contribution in [3.8, 4) is 0 Å². The monoisotopic (exact) mass is 916 g/mol. The molecule has 5 aliphatic heterocycles. The summed E-state index contributed by atoms with van der Waals surface area (Å²) in [6.07, 6.45) is -1.59. The first kappa shape index (κ1) is 51.3. The van der Waals surface area contributed by atoms with Crippen molar-refractivity contribution in [2.45, 2.75) is 34.6 Å². The summed E-state index contributed by atoms with van der Waals surface area (Å²) in [5.74, 6) is 1.84. The number of aliphatic hydroxyl groups is 1. The summed E-state index contributed by atoms with van der Waals surface area (Å²) >= 11 is 0. The Hall–Kier alpha value is -1.70. The molecule has 5 rings (SSSR count). The van der Waals surface area contributed by atoms with Gasteiger partial charge < -0.3 is 48.5 Å². The number of carbonyl (C=O) groups excluding carboxylic acids is 5. The number of cyclic esters (lactones) is 4. The van der Waals surface area contributed by atoms with Gasteiger partial charge in [0, 0.05) is 34.5 Å². The smallest absolute Gasteiger partial charge is 0.481 e. The van der Waals surface area contributed by atoms with Gasteiger partial charge in [-0.15, -0.1) is 0 Å².